The van der Waals surface area contributed by atoms with Crippen LogP contribution < -0.4 is 10.1 Å². The van der Waals surface area contributed by atoms with E-state index in [1.54, 1.807) is 7.11 Å². The predicted molar refractivity (Wildman–Crippen MR) is 107 cm³/mol. The van der Waals surface area contributed by atoms with E-state index in [0.29, 0.717) is 12.6 Å². The molecule has 1 aliphatic heterocycles. The number of carbonyl (C=O) groups excluding carboxylic acids is 1. The molecule has 1 N–H and O–H groups in total. The number of methoxy groups -OCH3 is 1. The number of benzene rings is 2. The van der Waals surface area contributed by atoms with Gasteiger partial charge in [0.05, 0.1) is 12.5 Å². The van der Waals surface area contributed by atoms with E-state index < -0.39 is 0 Å². The second-order valence-corrected chi connectivity index (χ2v) is 7.90. The highest BCUT2D eigenvalue weighted by molar-refractivity contribution is 5.84. The lowest BCUT2D eigenvalue weighted by atomic mass is 9.73. The molecule has 0 saturated carbocycles. The fourth-order valence-corrected chi connectivity index (χ4v) is 4.64. The third-order valence-electron chi connectivity index (χ3n) is 6.05. The summed E-state index contributed by atoms with van der Waals surface area (Å²) in [7, 11) is 1.68. The van der Waals surface area contributed by atoms with Gasteiger partial charge in [0.25, 0.3) is 0 Å². The Bertz CT molecular complexity index is 802. The minimum Gasteiger partial charge on any atom is -0.497 e. The molecule has 1 fully saturated rings. The molecule has 27 heavy (non-hydrogen) atoms. The van der Waals surface area contributed by atoms with Gasteiger partial charge in [-0.15, -0.1) is 0 Å². The lowest BCUT2D eigenvalue weighted by molar-refractivity contribution is -0.144. The average Bonchev–Trinajstić information content (AvgIpc) is 3.08. The molecule has 2 aromatic carbocycles. The van der Waals surface area contributed by atoms with Crippen molar-refractivity contribution in [2.24, 2.45) is 5.41 Å². The Morgan fingerprint density at radius 1 is 1.15 bits per heavy atom. The number of hydrogen-bond donors (Lipinski definition) is 1. The lowest BCUT2D eigenvalue weighted by Crippen LogP contribution is -2.66. The van der Waals surface area contributed by atoms with Crippen LogP contribution in [0.3, 0.4) is 0 Å². The van der Waals surface area contributed by atoms with Crippen molar-refractivity contribution in [1.29, 1.82) is 0 Å². The molecule has 0 bridgehead atoms. The number of amides is 1. The molecule has 4 heteroatoms. The van der Waals surface area contributed by atoms with E-state index in [4.69, 9.17) is 4.74 Å². The summed E-state index contributed by atoms with van der Waals surface area (Å²) in [5.41, 5.74) is 3.75. The molecule has 142 valence electrons. The van der Waals surface area contributed by atoms with Gasteiger partial charge in [-0.1, -0.05) is 36.4 Å². The van der Waals surface area contributed by atoms with E-state index in [1.807, 2.05) is 19.1 Å². The van der Waals surface area contributed by atoms with E-state index in [2.05, 4.69) is 46.6 Å². The van der Waals surface area contributed by atoms with Gasteiger partial charge in [-0.3, -0.25) is 9.69 Å². The van der Waals surface area contributed by atoms with Gasteiger partial charge in [0, 0.05) is 25.7 Å². The maximum absolute atomic E-state index is 12.9. The molecular formula is C23H28N2O2. The fraction of sp³-hybridized carbons (Fsp3) is 0.435. The molecule has 1 saturated heterocycles. The van der Waals surface area contributed by atoms with E-state index >= 15 is 0 Å². The molecule has 0 atom stereocenters. The molecule has 0 radical (unpaired) electrons. The predicted octanol–water partition coefficient (Wildman–Crippen LogP) is 2.84. The second kappa shape index (κ2) is 7.35. The standard InChI is InChI=1S/C23H28N2O2/c1-3-24-22(26)23(14-17-7-6-10-21(11-17)27-2)15-25(16-23)20-12-18-8-4-5-9-19(18)13-20/h4-11,20H,3,12-16H2,1-2H3,(H,24,26). The van der Waals surface area contributed by atoms with E-state index in [-0.39, 0.29) is 11.3 Å². The van der Waals surface area contributed by atoms with E-state index in [0.717, 1.165) is 43.7 Å². The van der Waals surface area contributed by atoms with Gasteiger partial charge in [-0.25, -0.2) is 0 Å². The van der Waals surface area contributed by atoms with Crippen LogP contribution in [0.5, 0.6) is 5.75 Å². The normalized spacial score (nSPS) is 18.6. The van der Waals surface area contributed by atoms with Crippen LogP contribution in [0, 0.1) is 5.41 Å². The monoisotopic (exact) mass is 364 g/mol. The largest absolute Gasteiger partial charge is 0.497 e. The molecular weight excluding hydrogens is 336 g/mol. The molecule has 1 heterocycles. The van der Waals surface area contributed by atoms with Crippen molar-refractivity contribution < 1.29 is 9.53 Å². The quantitative estimate of drug-likeness (QED) is 0.857. The molecule has 2 aliphatic rings. The van der Waals surface area contributed by atoms with Crippen molar-refractivity contribution in [2.75, 3.05) is 26.7 Å². The molecule has 0 unspecified atom stereocenters. The van der Waals surface area contributed by atoms with Gasteiger partial charge in [-0.05, 0) is 55.0 Å². The second-order valence-electron chi connectivity index (χ2n) is 7.90. The molecule has 4 rings (SSSR count). The summed E-state index contributed by atoms with van der Waals surface area (Å²) in [6.07, 6.45) is 2.95. The van der Waals surface area contributed by atoms with Crippen molar-refractivity contribution in [2.45, 2.75) is 32.2 Å². The zero-order valence-electron chi connectivity index (χ0n) is 16.2. The minimum atomic E-state index is -0.336. The van der Waals surface area contributed by atoms with Gasteiger partial charge in [-0.2, -0.15) is 0 Å². The Labute approximate surface area is 161 Å². The number of nitrogens with one attached hydrogen (secondary N) is 1. The van der Waals surface area contributed by atoms with Crippen LogP contribution >= 0.6 is 0 Å². The van der Waals surface area contributed by atoms with Crippen LogP contribution in [0.15, 0.2) is 48.5 Å². The number of fused-ring (bicyclic) bond motifs is 1. The van der Waals surface area contributed by atoms with Crippen LogP contribution in [-0.2, 0) is 24.1 Å². The van der Waals surface area contributed by atoms with Gasteiger partial charge in [0.15, 0.2) is 0 Å². The summed E-state index contributed by atoms with van der Waals surface area (Å²) in [5.74, 6) is 1.03. The Balaban J connectivity index is 1.48. The van der Waals surface area contributed by atoms with Crippen LogP contribution in [0.1, 0.15) is 23.6 Å². The molecule has 1 aliphatic carbocycles. The van der Waals surface area contributed by atoms with E-state index in [9.17, 15) is 4.79 Å². The van der Waals surface area contributed by atoms with Crippen molar-refractivity contribution >= 4 is 5.91 Å². The van der Waals surface area contributed by atoms with Crippen LogP contribution in [0.4, 0.5) is 0 Å². The third kappa shape index (κ3) is 3.46. The van der Waals surface area contributed by atoms with Crippen molar-refractivity contribution in [1.82, 2.24) is 10.2 Å². The van der Waals surface area contributed by atoms with Crippen LogP contribution in [-0.4, -0.2) is 43.6 Å². The van der Waals surface area contributed by atoms with Crippen molar-refractivity contribution in [3.8, 4) is 5.75 Å². The molecule has 4 nitrogen and oxygen atoms in total. The van der Waals surface area contributed by atoms with Crippen LogP contribution in [0.25, 0.3) is 0 Å². The minimum absolute atomic E-state index is 0.180. The molecule has 0 spiro atoms. The number of rotatable bonds is 6. The Morgan fingerprint density at radius 3 is 2.48 bits per heavy atom. The summed E-state index contributed by atoms with van der Waals surface area (Å²) < 4.78 is 5.36. The van der Waals surface area contributed by atoms with Gasteiger partial charge in [0.2, 0.25) is 5.91 Å². The summed E-state index contributed by atoms with van der Waals surface area (Å²) in [5, 5.41) is 3.07. The highest BCUT2D eigenvalue weighted by Crippen LogP contribution is 2.39. The molecule has 1 amide bonds. The van der Waals surface area contributed by atoms with Crippen LogP contribution in [0.2, 0.25) is 0 Å². The van der Waals surface area contributed by atoms with Gasteiger partial charge < -0.3 is 10.1 Å². The summed E-state index contributed by atoms with van der Waals surface area (Å²) in [6.45, 7) is 4.32. The third-order valence-corrected chi connectivity index (χ3v) is 6.05. The fourth-order valence-electron chi connectivity index (χ4n) is 4.64. The maximum Gasteiger partial charge on any atom is 0.229 e. The van der Waals surface area contributed by atoms with Gasteiger partial charge in [0.1, 0.15) is 5.75 Å². The number of hydrogen-bond acceptors (Lipinski definition) is 3. The topological polar surface area (TPSA) is 41.6 Å². The molecule has 0 aromatic heterocycles. The zero-order chi connectivity index (χ0) is 18.9. The molecule has 2 aromatic rings. The first-order chi connectivity index (χ1) is 13.1. The smallest absolute Gasteiger partial charge is 0.229 e. The van der Waals surface area contributed by atoms with Crippen molar-refractivity contribution in [3.05, 3.63) is 65.2 Å². The SMILES string of the molecule is CCNC(=O)C1(Cc2cccc(OC)c2)CN(C2Cc3ccccc3C2)C1. The summed E-state index contributed by atoms with van der Waals surface area (Å²) >= 11 is 0. The lowest BCUT2D eigenvalue weighted by Gasteiger charge is -2.51. The summed E-state index contributed by atoms with van der Waals surface area (Å²) in [6, 6.07) is 17.3. The highest BCUT2D eigenvalue weighted by Gasteiger charge is 2.51. The number of carbonyl (C=O) groups is 1. The first-order valence-electron chi connectivity index (χ1n) is 9.85. The number of nitrogens with zero attached hydrogens (tertiary/aromatic N) is 1. The average molecular weight is 364 g/mol. The summed E-state index contributed by atoms with van der Waals surface area (Å²) in [4.78, 5) is 15.4. The van der Waals surface area contributed by atoms with E-state index in [1.165, 1.54) is 11.1 Å². The first-order valence-corrected chi connectivity index (χ1v) is 9.85. The first kappa shape index (κ1) is 18.1. The number of ether oxygens (including phenoxy) is 1. The maximum atomic E-state index is 12.9. The van der Waals surface area contributed by atoms with Crippen molar-refractivity contribution in [3.63, 3.8) is 0 Å². The Hall–Kier alpha value is -2.33. The zero-order valence-corrected chi connectivity index (χ0v) is 16.2. The number of likely N-dealkylation sites (tertiary alicyclic amines) is 1. The van der Waals surface area contributed by atoms with Gasteiger partial charge >= 0.3 is 0 Å². The Morgan fingerprint density at radius 2 is 1.85 bits per heavy atom. The highest BCUT2D eigenvalue weighted by atomic mass is 16.5. The Kier molecular flexibility index (Phi) is 4.92.